The number of hydrogen-bond acceptors (Lipinski definition) is 5. The second kappa shape index (κ2) is 15.4. The molecule has 4 rings (SSSR count). The van der Waals surface area contributed by atoms with Gasteiger partial charge in [-0.15, -0.1) is 0 Å². The van der Waals surface area contributed by atoms with Crippen molar-refractivity contribution in [1.82, 2.24) is 10.2 Å². The van der Waals surface area contributed by atoms with Crippen molar-refractivity contribution < 1.29 is 22.7 Å². The zero-order valence-corrected chi connectivity index (χ0v) is 29.5. The molecule has 4 aromatic carbocycles. The van der Waals surface area contributed by atoms with Crippen LogP contribution >= 0.6 is 34.8 Å². The third kappa shape index (κ3) is 9.41. The fraction of sp³-hybridized carbons (Fsp3) is 0.257. The summed E-state index contributed by atoms with van der Waals surface area (Å²) in [5.41, 5.74) is 0.742. The summed E-state index contributed by atoms with van der Waals surface area (Å²) >= 11 is 19.1. The number of carbonyl (C=O) groups is 2. The Bertz CT molecular complexity index is 1820. The fourth-order valence-electron chi connectivity index (χ4n) is 4.93. The number of carbonyl (C=O) groups excluding carboxylic acids is 2. The highest BCUT2D eigenvalue weighted by Gasteiger charge is 2.36. The molecule has 0 bridgehead atoms. The largest absolute Gasteiger partial charge is 0.495 e. The Balaban J connectivity index is 1.88. The lowest BCUT2D eigenvalue weighted by atomic mass is 10.0. The summed E-state index contributed by atoms with van der Waals surface area (Å²) in [6.45, 7) is 4.72. The van der Waals surface area contributed by atoms with Crippen molar-refractivity contribution in [2.45, 2.75) is 50.2 Å². The summed E-state index contributed by atoms with van der Waals surface area (Å²) in [5.74, 6) is -0.902. The minimum absolute atomic E-state index is 0.0477. The zero-order chi connectivity index (χ0) is 34.4. The van der Waals surface area contributed by atoms with Crippen LogP contribution in [0.25, 0.3) is 0 Å². The molecule has 0 spiro atoms. The van der Waals surface area contributed by atoms with Gasteiger partial charge >= 0.3 is 0 Å². The van der Waals surface area contributed by atoms with E-state index in [-0.39, 0.29) is 39.3 Å². The van der Waals surface area contributed by atoms with Gasteiger partial charge in [0.25, 0.3) is 10.0 Å². The van der Waals surface area contributed by atoms with E-state index in [1.54, 1.807) is 42.5 Å². The predicted molar refractivity (Wildman–Crippen MR) is 188 cm³/mol. The van der Waals surface area contributed by atoms with E-state index in [1.807, 2.05) is 51.1 Å². The van der Waals surface area contributed by atoms with Crippen molar-refractivity contribution in [1.29, 1.82) is 0 Å². The minimum Gasteiger partial charge on any atom is -0.495 e. The van der Waals surface area contributed by atoms with Crippen LogP contribution in [0.1, 0.15) is 31.9 Å². The SMILES string of the molecule is COc1ccc(Cl)cc1N(CC(=O)N(Cc1ccc(Cl)cc1Cl)[C@@H](Cc1ccccc1)C(=O)NC(C)(C)C)S(=O)(=O)c1ccccc1. The molecule has 1 atom stereocenters. The van der Waals surface area contributed by atoms with Crippen LogP contribution in [-0.4, -0.2) is 50.4 Å². The highest BCUT2D eigenvalue weighted by atomic mass is 35.5. The van der Waals surface area contributed by atoms with E-state index in [0.717, 1.165) is 9.87 Å². The molecule has 47 heavy (non-hydrogen) atoms. The Kier molecular flexibility index (Phi) is 11.8. The predicted octanol–water partition coefficient (Wildman–Crippen LogP) is 7.41. The van der Waals surface area contributed by atoms with Gasteiger partial charge in [0.15, 0.2) is 0 Å². The van der Waals surface area contributed by atoms with Crippen molar-refractivity contribution in [3.8, 4) is 5.75 Å². The summed E-state index contributed by atoms with van der Waals surface area (Å²) < 4.78 is 35.0. The number of halogens is 3. The standard InChI is InChI=1S/C35H36Cl3N3O5S/c1-35(2,3)39-34(43)31(19-24-11-7-5-8-12-24)40(22-25-15-16-26(36)20-29(25)38)33(42)23-41(30-21-27(37)17-18-32(30)46-4)47(44,45)28-13-9-6-10-14-28/h5-18,20-21,31H,19,22-23H2,1-4H3,(H,39,43)/t31-/m0/s1. The quantitative estimate of drug-likeness (QED) is 0.165. The molecule has 0 aliphatic carbocycles. The minimum atomic E-state index is -4.35. The first-order valence-electron chi connectivity index (χ1n) is 14.7. The summed E-state index contributed by atoms with van der Waals surface area (Å²) in [5, 5.41) is 3.92. The molecule has 2 amide bonds. The number of nitrogens with zero attached hydrogens (tertiary/aromatic N) is 2. The number of anilines is 1. The number of rotatable bonds is 12. The van der Waals surface area contributed by atoms with E-state index in [0.29, 0.717) is 10.6 Å². The van der Waals surface area contributed by atoms with Gasteiger partial charge in [0.1, 0.15) is 18.3 Å². The number of nitrogens with one attached hydrogen (secondary N) is 1. The van der Waals surface area contributed by atoms with Gasteiger partial charge in [0, 0.05) is 33.6 Å². The molecule has 8 nitrogen and oxygen atoms in total. The fourth-order valence-corrected chi connectivity index (χ4v) is 7.00. The summed E-state index contributed by atoms with van der Waals surface area (Å²) in [6.07, 6.45) is 0.144. The maximum atomic E-state index is 14.7. The van der Waals surface area contributed by atoms with E-state index in [2.05, 4.69) is 5.32 Å². The molecule has 0 saturated heterocycles. The van der Waals surface area contributed by atoms with Gasteiger partial charge in [-0.1, -0.05) is 89.4 Å². The topological polar surface area (TPSA) is 96.0 Å². The molecule has 0 aromatic heterocycles. The Morgan fingerprint density at radius 2 is 1.45 bits per heavy atom. The first-order chi connectivity index (χ1) is 22.2. The Labute approximate surface area is 291 Å². The van der Waals surface area contributed by atoms with Crippen LogP contribution in [0.15, 0.2) is 102 Å². The molecule has 0 saturated carbocycles. The normalized spacial score (nSPS) is 12.2. The molecular formula is C35H36Cl3N3O5S. The van der Waals surface area contributed by atoms with Gasteiger partial charge in [-0.2, -0.15) is 0 Å². The molecule has 248 valence electrons. The lowest BCUT2D eigenvalue weighted by Crippen LogP contribution is -2.56. The Morgan fingerprint density at radius 3 is 2.04 bits per heavy atom. The summed E-state index contributed by atoms with van der Waals surface area (Å²) in [6, 6.07) is 25.3. The van der Waals surface area contributed by atoms with Crippen LogP contribution in [0, 0.1) is 0 Å². The number of hydrogen-bond donors (Lipinski definition) is 1. The lowest BCUT2D eigenvalue weighted by molar-refractivity contribution is -0.140. The molecule has 0 aliphatic heterocycles. The highest BCUT2D eigenvalue weighted by Crippen LogP contribution is 2.35. The first kappa shape index (κ1) is 36.1. The Morgan fingerprint density at radius 1 is 0.851 bits per heavy atom. The first-order valence-corrected chi connectivity index (χ1v) is 17.3. The van der Waals surface area contributed by atoms with Crippen molar-refractivity contribution in [3.05, 3.63) is 123 Å². The van der Waals surface area contributed by atoms with Crippen molar-refractivity contribution >= 4 is 62.3 Å². The second-order valence-corrected chi connectivity index (χ2v) is 15.0. The van der Waals surface area contributed by atoms with E-state index < -0.39 is 40.0 Å². The van der Waals surface area contributed by atoms with Gasteiger partial charge in [0.2, 0.25) is 11.8 Å². The Hall–Kier alpha value is -3.76. The van der Waals surface area contributed by atoms with Gasteiger partial charge in [-0.05, 0) is 74.4 Å². The molecule has 0 heterocycles. The average Bonchev–Trinajstić information content (AvgIpc) is 3.02. The molecule has 4 aromatic rings. The van der Waals surface area contributed by atoms with Crippen molar-refractivity contribution in [2.24, 2.45) is 0 Å². The number of ether oxygens (including phenoxy) is 1. The summed E-state index contributed by atoms with van der Waals surface area (Å²) in [7, 11) is -2.96. The molecule has 0 fully saturated rings. The lowest BCUT2D eigenvalue weighted by Gasteiger charge is -2.35. The van der Waals surface area contributed by atoms with Gasteiger partial charge in [-0.25, -0.2) is 8.42 Å². The van der Waals surface area contributed by atoms with E-state index >= 15 is 0 Å². The summed E-state index contributed by atoms with van der Waals surface area (Å²) in [4.78, 5) is 30.0. The third-order valence-corrected chi connectivity index (χ3v) is 9.74. The zero-order valence-electron chi connectivity index (χ0n) is 26.4. The molecular weight excluding hydrogens is 681 g/mol. The van der Waals surface area contributed by atoms with Crippen LogP contribution in [0.4, 0.5) is 5.69 Å². The third-order valence-electron chi connectivity index (χ3n) is 7.14. The number of benzene rings is 4. The second-order valence-electron chi connectivity index (χ2n) is 11.8. The van der Waals surface area contributed by atoms with Crippen LogP contribution in [0.5, 0.6) is 5.75 Å². The number of methoxy groups -OCH3 is 1. The number of amides is 2. The van der Waals surface area contributed by atoms with Gasteiger partial charge in [-0.3, -0.25) is 13.9 Å². The van der Waals surface area contributed by atoms with Gasteiger partial charge < -0.3 is 15.0 Å². The highest BCUT2D eigenvalue weighted by molar-refractivity contribution is 7.92. The number of sulfonamides is 1. The maximum Gasteiger partial charge on any atom is 0.264 e. The van der Waals surface area contributed by atoms with E-state index in [4.69, 9.17) is 39.5 Å². The van der Waals surface area contributed by atoms with Crippen LogP contribution in [0.2, 0.25) is 15.1 Å². The van der Waals surface area contributed by atoms with Crippen molar-refractivity contribution in [3.63, 3.8) is 0 Å². The molecule has 0 radical (unpaired) electrons. The van der Waals surface area contributed by atoms with E-state index in [9.17, 15) is 18.0 Å². The molecule has 0 unspecified atom stereocenters. The van der Waals surface area contributed by atoms with Gasteiger partial charge in [0.05, 0.1) is 17.7 Å². The molecule has 12 heteroatoms. The van der Waals surface area contributed by atoms with Crippen LogP contribution < -0.4 is 14.4 Å². The maximum absolute atomic E-state index is 14.7. The van der Waals surface area contributed by atoms with Crippen LogP contribution in [0.3, 0.4) is 0 Å². The van der Waals surface area contributed by atoms with Crippen LogP contribution in [-0.2, 0) is 32.6 Å². The molecule has 1 N–H and O–H groups in total. The van der Waals surface area contributed by atoms with E-state index in [1.165, 1.54) is 36.3 Å². The van der Waals surface area contributed by atoms with Crippen molar-refractivity contribution in [2.75, 3.05) is 18.0 Å². The smallest absolute Gasteiger partial charge is 0.264 e. The molecule has 0 aliphatic rings. The monoisotopic (exact) mass is 715 g/mol. The average molecular weight is 717 g/mol.